The fourth-order valence-electron chi connectivity index (χ4n) is 1.34. The quantitative estimate of drug-likeness (QED) is 0.912. The van der Waals surface area contributed by atoms with E-state index in [0.29, 0.717) is 0 Å². The van der Waals surface area contributed by atoms with Crippen LogP contribution in [0.2, 0.25) is 10.0 Å². The number of amides is 1. The van der Waals surface area contributed by atoms with E-state index in [1.165, 1.54) is 36.7 Å². The summed E-state index contributed by atoms with van der Waals surface area (Å²) < 4.78 is 13.5. The van der Waals surface area contributed by atoms with Crippen molar-refractivity contribution in [1.29, 1.82) is 0 Å². The summed E-state index contributed by atoms with van der Waals surface area (Å²) in [6.45, 7) is 0. The Morgan fingerprint density at radius 2 is 2.00 bits per heavy atom. The standard InChI is InChI=1S/C12H7Cl2FN2O/c13-8-4-5-16-6-7(8)12(18)17-11-9(14)2-1-3-10(11)15/h1-6H,(H,17,18). The van der Waals surface area contributed by atoms with Crippen molar-refractivity contribution in [1.82, 2.24) is 4.98 Å². The van der Waals surface area contributed by atoms with Crippen molar-refractivity contribution in [3.05, 3.63) is 58.1 Å². The van der Waals surface area contributed by atoms with Crippen LogP contribution in [0.15, 0.2) is 36.7 Å². The molecule has 0 saturated heterocycles. The first-order valence-corrected chi connectivity index (χ1v) is 5.70. The average molecular weight is 285 g/mol. The molecule has 0 aliphatic carbocycles. The zero-order valence-corrected chi connectivity index (χ0v) is 10.5. The molecule has 92 valence electrons. The third kappa shape index (κ3) is 2.60. The minimum Gasteiger partial charge on any atom is -0.318 e. The lowest BCUT2D eigenvalue weighted by Gasteiger charge is -2.08. The van der Waals surface area contributed by atoms with Gasteiger partial charge in [-0.05, 0) is 18.2 Å². The van der Waals surface area contributed by atoms with Crippen molar-refractivity contribution in [2.75, 3.05) is 5.32 Å². The molecule has 1 heterocycles. The van der Waals surface area contributed by atoms with Crippen molar-refractivity contribution in [2.24, 2.45) is 0 Å². The number of anilines is 1. The van der Waals surface area contributed by atoms with Gasteiger partial charge in [-0.25, -0.2) is 4.39 Å². The van der Waals surface area contributed by atoms with Gasteiger partial charge in [-0.1, -0.05) is 29.3 Å². The van der Waals surface area contributed by atoms with E-state index in [9.17, 15) is 9.18 Å². The van der Waals surface area contributed by atoms with Gasteiger partial charge in [-0.2, -0.15) is 0 Å². The number of carbonyl (C=O) groups excluding carboxylic acids is 1. The van der Waals surface area contributed by atoms with Gasteiger partial charge in [-0.15, -0.1) is 0 Å². The lowest BCUT2D eigenvalue weighted by molar-refractivity contribution is 0.102. The van der Waals surface area contributed by atoms with Crippen molar-refractivity contribution < 1.29 is 9.18 Å². The lowest BCUT2D eigenvalue weighted by atomic mass is 10.2. The first-order valence-electron chi connectivity index (χ1n) is 4.94. The molecule has 0 fully saturated rings. The van der Waals surface area contributed by atoms with Crippen LogP contribution in [-0.4, -0.2) is 10.9 Å². The van der Waals surface area contributed by atoms with Crippen molar-refractivity contribution >= 4 is 34.8 Å². The van der Waals surface area contributed by atoms with Gasteiger partial charge in [-0.3, -0.25) is 9.78 Å². The summed E-state index contributed by atoms with van der Waals surface area (Å²) in [5.41, 5.74) is 0.0718. The van der Waals surface area contributed by atoms with E-state index < -0.39 is 11.7 Å². The molecule has 1 aromatic carbocycles. The van der Waals surface area contributed by atoms with E-state index in [-0.39, 0.29) is 21.3 Å². The van der Waals surface area contributed by atoms with Crippen LogP contribution in [0.3, 0.4) is 0 Å². The van der Waals surface area contributed by atoms with E-state index in [1.54, 1.807) is 0 Å². The van der Waals surface area contributed by atoms with Crippen LogP contribution in [0.25, 0.3) is 0 Å². The Balaban J connectivity index is 2.30. The first kappa shape index (κ1) is 12.8. The molecule has 0 unspecified atom stereocenters. The fourth-order valence-corrected chi connectivity index (χ4v) is 1.74. The van der Waals surface area contributed by atoms with Gasteiger partial charge in [0, 0.05) is 12.4 Å². The third-order valence-corrected chi connectivity index (χ3v) is 2.86. The number of halogens is 3. The van der Waals surface area contributed by atoms with E-state index in [2.05, 4.69) is 10.3 Å². The second kappa shape index (κ2) is 5.33. The van der Waals surface area contributed by atoms with Crippen LogP contribution in [0, 0.1) is 5.82 Å². The van der Waals surface area contributed by atoms with Gasteiger partial charge in [0.25, 0.3) is 5.91 Å². The Labute approximate surface area is 113 Å². The van der Waals surface area contributed by atoms with Gasteiger partial charge in [0.1, 0.15) is 5.82 Å². The lowest BCUT2D eigenvalue weighted by Crippen LogP contribution is -2.14. The molecule has 0 atom stereocenters. The zero-order valence-electron chi connectivity index (χ0n) is 8.95. The van der Waals surface area contributed by atoms with Crippen molar-refractivity contribution in [3.8, 4) is 0 Å². The smallest absolute Gasteiger partial charge is 0.258 e. The van der Waals surface area contributed by atoms with E-state index in [1.807, 2.05) is 0 Å². The molecule has 6 heteroatoms. The summed E-state index contributed by atoms with van der Waals surface area (Å²) >= 11 is 11.6. The van der Waals surface area contributed by atoms with Crippen LogP contribution in [0.4, 0.5) is 10.1 Å². The molecule has 0 spiro atoms. The number of para-hydroxylation sites is 1. The Hall–Kier alpha value is -1.65. The summed E-state index contributed by atoms with van der Waals surface area (Å²) in [5, 5.41) is 2.71. The van der Waals surface area contributed by atoms with Gasteiger partial charge >= 0.3 is 0 Å². The van der Waals surface area contributed by atoms with Crippen molar-refractivity contribution in [3.63, 3.8) is 0 Å². The number of aromatic nitrogens is 1. The summed E-state index contributed by atoms with van der Waals surface area (Å²) in [5.74, 6) is -1.18. The van der Waals surface area contributed by atoms with E-state index in [0.717, 1.165) is 0 Å². The monoisotopic (exact) mass is 284 g/mol. The number of nitrogens with one attached hydrogen (secondary N) is 1. The molecule has 3 nitrogen and oxygen atoms in total. The minimum atomic E-state index is -0.615. The fraction of sp³-hybridized carbons (Fsp3) is 0. The maximum absolute atomic E-state index is 13.5. The predicted octanol–water partition coefficient (Wildman–Crippen LogP) is 3.78. The molecule has 0 saturated carbocycles. The molecule has 0 bridgehead atoms. The highest BCUT2D eigenvalue weighted by molar-refractivity contribution is 6.35. The maximum atomic E-state index is 13.5. The summed E-state index contributed by atoms with van der Waals surface area (Å²) in [4.78, 5) is 15.7. The highest BCUT2D eigenvalue weighted by atomic mass is 35.5. The summed E-state index contributed by atoms with van der Waals surface area (Å²) in [7, 11) is 0. The Morgan fingerprint density at radius 1 is 1.22 bits per heavy atom. The van der Waals surface area contributed by atoms with Crippen LogP contribution in [0.5, 0.6) is 0 Å². The number of hydrogen-bond donors (Lipinski definition) is 1. The molecule has 1 amide bonds. The topological polar surface area (TPSA) is 42.0 Å². The SMILES string of the molecule is O=C(Nc1c(F)cccc1Cl)c1cnccc1Cl. The van der Waals surface area contributed by atoms with Crippen LogP contribution in [0.1, 0.15) is 10.4 Å². The highest BCUT2D eigenvalue weighted by Crippen LogP contribution is 2.25. The second-order valence-electron chi connectivity index (χ2n) is 3.41. The maximum Gasteiger partial charge on any atom is 0.258 e. The zero-order chi connectivity index (χ0) is 13.1. The number of hydrogen-bond acceptors (Lipinski definition) is 2. The highest BCUT2D eigenvalue weighted by Gasteiger charge is 2.14. The summed E-state index contributed by atoms with van der Waals surface area (Å²) in [6, 6.07) is 5.60. The second-order valence-corrected chi connectivity index (χ2v) is 4.22. The molecule has 1 N–H and O–H groups in total. The van der Waals surface area contributed by atoms with E-state index in [4.69, 9.17) is 23.2 Å². The van der Waals surface area contributed by atoms with Crippen LogP contribution >= 0.6 is 23.2 Å². The Bertz CT molecular complexity index is 584. The Morgan fingerprint density at radius 3 is 2.67 bits per heavy atom. The number of carbonyl (C=O) groups is 1. The third-order valence-electron chi connectivity index (χ3n) is 2.21. The normalized spacial score (nSPS) is 10.2. The molecule has 2 rings (SSSR count). The van der Waals surface area contributed by atoms with Gasteiger partial charge < -0.3 is 5.32 Å². The minimum absolute atomic E-state index is 0.0795. The molecule has 2 aromatic rings. The van der Waals surface area contributed by atoms with Gasteiger partial charge in [0.15, 0.2) is 0 Å². The molecule has 0 radical (unpaired) electrons. The number of nitrogens with zero attached hydrogens (tertiary/aromatic N) is 1. The van der Waals surface area contributed by atoms with Crippen LogP contribution in [-0.2, 0) is 0 Å². The molecule has 0 aliphatic rings. The molecular weight excluding hydrogens is 278 g/mol. The van der Waals surface area contributed by atoms with Crippen molar-refractivity contribution in [2.45, 2.75) is 0 Å². The average Bonchev–Trinajstić information content (AvgIpc) is 2.34. The molecule has 18 heavy (non-hydrogen) atoms. The van der Waals surface area contributed by atoms with Crippen LogP contribution < -0.4 is 5.32 Å². The number of benzene rings is 1. The van der Waals surface area contributed by atoms with Gasteiger partial charge in [0.2, 0.25) is 0 Å². The number of pyridine rings is 1. The first-order chi connectivity index (χ1) is 8.59. The predicted molar refractivity (Wildman–Crippen MR) is 68.6 cm³/mol. The molecular formula is C12H7Cl2FN2O. The number of rotatable bonds is 2. The Kier molecular flexibility index (Phi) is 3.79. The largest absolute Gasteiger partial charge is 0.318 e. The molecule has 1 aromatic heterocycles. The summed E-state index contributed by atoms with van der Waals surface area (Å²) in [6.07, 6.45) is 2.75. The van der Waals surface area contributed by atoms with E-state index >= 15 is 0 Å². The van der Waals surface area contributed by atoms with Gasteiger partial charge in [0.05, 0.1) is 21.3 Å². The molecule has 0 aliphatic heterocycles.